The molecule has 0 amide bonds. The van der Waals surface area contributed by atoms with Crippen LogP contribution in [0.25, 0.3) is 0 Å². The molecule has 5 nitrogen and oxygen atoms in total. The zero-order valence-electron chi connectivity index (χ0n) is 14.2. The van der Waals surface area contributed by atoms with Crippen LogP contribution in [0.5, 0.6) is 0 Å². The number of anilines is 3. The number of benzene rings is 2. The van der Waals surface area contributed by atoms with Crippen LogP contribution < -0.4 is 10.6 Å². The summed E-state index contributed by atoms with van der Waals surface area (Å²) in [6, 6.07) is 14.5. The molecule has 0 aliphatic rings. The highest BCUT2D eigenvalue weighted by Crippen LogP contribution is 2.21. The Hall–Kier alpha value is -2.95. The highest BCUT2D eigenvalue weighted by atomic mass is 15.3. The fourth-order valence-electron chi connectivity index (χ4n) is 2.35. The highest BCUT2D eigenvalue weighted by Gasteiger charge is 2.04. The van der Waals surface area contributed by atoms with E-state index in [1.165, 1.54) is 22.3 Å². The van der Waals surface area contributed by atoms with E-state index >= 15 is 0 Å². The van der Waals surface area contributed by atoms with E-state index in [0.717, 1.165) is 5.69 Å². The van der Waals surface area contributed by atoms with Gasteiger partial charge in [0.15, 0.2) is 5.82 Å². The molecule has 2 N–H and O–H groups in total. The van der Waals surface area contributed by atoms with Crippen molar-refractivity contribution < 1.29 is 0 Å². The number of aryl methyl sites for hydroxylation is 2. The third-order valence-corrected chi connectivity index (χ3v) is 4.00. The molecular weight excluding hydrogens is 298 g/mol. The summed E-state index contributed by atoms with van der Waals surface area (Å²) in [4.78, 5) is 4.48. The lowest BCUT2D eigenvalue weighted by molar-refractivity contribution is 0.948. The van der Waals surface area contributed by atoms with Crippen molar-refractivity contribution in [1.29, 1.82) is 0 Å². The molecule has 0 unspecified atom stereocenters. The molecule has 5 heteroatoms. The van der Waals surface area contributed by atoms with Gasteiger partial charge in [-0.15, -0.1) is 5.10 Å². The third-order valence-electron chi connectivity index (χ3n) is 4.00. The maximum absolute atomic E-state index is 4.48. The number of aromatic nitrogens is 3. The van der Waals surface area contributed by atoms with Gasteiger partial charge in [-0.1, -0.05) is 42.0 Å². The lowest BCUT2D eigenvalue weighted by Crippen LogP contribution is -2.06. The van der Waals surface area contributed by atoms with Gasteiger partial charge in [0.05, 0.1) is 6.20 Å². The first kappa shape index (κ1) is 15.9. The Kier molecular flexibility index (Phi) is 4.70. The van der Waals surface area contributed by atoms with E-state index in [9.17, 15) is 0 Å². The molecule has 0 bridgehead atoms. The summed E-state index contributed by atoms with van der Waals surface area (Å²) in [6.45, 7) is 6.91. The van der Waals surface area contributed by atoms with Crippen molar-refractivity contribution in [3.63, 3.8) is 0 Å². The summed E-state index contributed by atoms with van der Waals surface area (Å²) in [5.74, 6) is 1.18. The smallest absolute Gasteiger partial charge is 0.244 e. The molecule has 0 saturated heterocycles. The van der Waals surface area contributed by atoms with Gasteiger partial charge in [-0.2, -0.15) is 10.1 Å². The summed E-state index contributed by atoms with van der Waals surface area (Å²) < 4.78 is 0. The van der Waals surface area contributed by atoms with Crippen LogP contribution in [0.3, 0.4) is 0 Å². The van der Waals surface area contributed by atoms with E-state index in [-0.39, 0.29) is 0 Å². The van der Waals surface area contributed by atoms with Crippen molar-refractivity contribution >= 4 is 17.5 Å². The Labute approximate surface area is 142 Å². The van der Waals surface area contributed by atoms with Crippen LogP contribution in [0.4, 0.5) is 17.5 Å². The topological polar surface area (TPSA) is 62.7 Å². The maximum atomic E-state index is 4.48. The predicted molar refractivity (Wildman–Crippen MR) is 97.5 cm³/mol. The quantitative estimate of drug-likeness (QED) is 0.739. The summed E-state index contributed by atoms with van der Waals surface area (Å²) >= 11 is 0. The number of nitrogens with zero attached hydrogens (tertiary/aromatic N) is 3. The Bertz CT molecular complexity index is 827. The second-order valence-corrected chi connectivity index (χ2v) is 5.88. The molecule has 0 atom stereocenters. The van der Waals surface area contributed by atoms with Crippen LogP contribution in [0, 0.1) is 20.8 Å². The zero-order chi connectivity index (χ0) is 16.9. The van der Waals surface area contributed by atoms with E-state index in [1.54, 1.807) is 6.20 Å². The molecule has 1 heterocycles. The van der Waals surface area contributed by atoms with Gasteiger partial charge in [0.2, 0.25) is 5.95 Å². The SMILES string of the molecule is Cc1ccc(CNc2nncc(Nc3cccc(C)c3C)n2)cc1. The fraction of sp³-hybridized carbons (Fsp3) is 0.211. The third kappa shape index (κ3) is 3.87. The van der Waals surface area contributed by atoms with Crippen LogP contribution in [0.1, 0.15) is 22.3 Å². The van der Waals surface area contributed by atoms with Gasteiger partial charge in [-0.3, -0.25) is 0 Å². The molecule has 1 aromatic heterocycles. The molecule has 0 aliphatic carbocycles. The molecular formula is C19H21N5. The first-order valence-electron chi connectivity index (χ1n) is 7.94. The van der Waals surface area contributed by atoms with Gasteiger partial charge in [0.25, 0.3) is 0 Å². The van der Waals surface area contributed by atoms with Crippen LogP contribution in [0.15, 0.2) is 48.7 Å². The number of rotatable bonds is 5. The molecule has 0 aliphatic heterocycles. The Balaban J connectivity index is 1.69. The largest absolute Gasteiger partial charge is 0.349 e. The van der Waals surface area contributed by atoms with E-state index in [1.807, 2.05) is 12.1 Å². The molecule has 3 aromatic rings. The number of hydrogen-bond donors (Lipinski definition) is 2. The summed E-state index contributed by atoms with van der Waals surface area (Å²) in [6.07, 6.45) is 1.62. The maximum Gasteiger partial charge on any atom is 0.244 e. The average molecular weight is 319 g/mol. The monoisotopic (exact) mass is 319 g/mol. The zero-order valence-corrected chi connectivity index (χ0v) is 14.2. The van der Waals surface area contributed by atoms with Gasteiger partial charge in [-0.25, -0.2) is 0 Å². The van der Waals surface area contributed by atoms with Gasteiger partial charge < -0.3 is 10.6 Å². The van der Waals surface area contributed by atoms with Gasteiger partial charge in [-0.05, 0) is 43.5 Å². The number of nitrogens with one attached hydrogen (secondary N) is 2. The van der Waals surface area contributed by atoms with Crippen molar-refractivity contribution in [2.24, 2.45) is 0 Å². The number of hydrogen-bond acceptors (Lipinski definition) is 5. The lowest BCUT2D eigenvalue weighted by atomic mass is 10.1. The van der Waals surface area contributed by atoms with Crippen molar-refractivity contribution in [1.82, 2.24) is 15.2 Å². The fourth-order valence-corrected chi connectivity index (χ4v) is 2.35. The minimum atomic E-state index is 0.505. The standard InChI is InChI=1S/C19H21N5/c1-13-7-9-16(10-8-13)11-20-19-23-18(12-21-24-19)22-17-6-4-5-14(2)15(17)3/h4-10,12H,11H2,1-3H3,(H2,20,22,23,24). The second kappa shape index (κ2) is 7.08. The molecule has 3 rings (SSSR count). The van der Waals surface area contributed by atoms with Gasteiger partial charge in [0, 0.05) is 12.2 Å². The lowest BCUT2D eigenvalue weighted by Gasteiger charge is -2.11. The van der Waals surface area contributed by atoms with E-state index < -0.39 is 0 Å². The van der Waals surface area contributed by atoms with E-state index in [4.69, 9.17) is 0 Å². The first-order valence-corrected chi connectivity index (χ1v) is 7.94. The first-order chi connectivity index (χ1) is 11.6. The summed E-state index contributed by atoms with van der Waals surface area (Å²) in [7, 11) is 0. The van der Waals surface area contributed by atoms with Crippen molar-refractivity contribution in [2.45, 2.75) is 27.3 Å². The Morgan fingerprint density at radius 3 is 2.54 bits per heavy atom. The molecule has 0 radical (unpaired) electrons. The molecule has 24 heavy (non-hydrogen) atoms. The minimum absolute atomic E-state index is 0.505. The van der Waals surface area contributed by atoms with Crippen molar-refractivity contribution in [3.05, 3.63) is 70.9 Å². The molecule has 0 spiro atoms. The van der Waals surface area contributed by atoms with Crippen LogP contribution >= 0.6 is 0 Å². The summed E-state index contributed by atoms with van der Waals surface area (Å²) in [5, 5.41) is 14.6. The van der Waals surface area contributed by atoms with E-state index in [0.29, 0.717) is 18.3 Å². The average Bonchev–Trinajstić information content (AvgIpc) is 2.59. The van der Waals surface area contributed by atoms with Crippen LogP contribution in [0.2, 0.25) is 0 Å². The minimum Gasteiger partial charge on any atom is -0.349 e. The van der Waals surface area contributed by atoms with Crippen molar-refractivity contribution in [2.75, 3.05) is 10.6 Å². The predicted octanol–water partition coefficient (Wildman–Crippen LogP) is 4.15. The van der Waals surface area contributed by atoms with Crippen LogP contribution in [-0.4, -0.2) is 15.2 Å². The normalized spacial score (nSPS) is 10.5. The second-order valence-electron chi connectivity index (χ2n) is 5.88. The Morgan fingerprint density at radius 2 is 1.75 bits per heavy atom. The van der Waals surface area contributed by atoms with Gasteiger partial charge in [0.1, 0.15) is 0 Å². The van der Waals surface area contributed by atoms with E-state index in [2.05, 4.69) is 76.9 Å². The molecule has 0 fully saturated rings. The Morgan fingerprint density at radius 1 is 0.958 bits per heavy atom. The van der Waals surface area contributed by atoms with Crippen molar-refractivity contribution in [3.8, 4) is 0 Å². The molecule has 2 aromatic carbocycles. The molecule has 122 valence electrons. The summed E-state index contributed by atoms with van der Waals surface area (Å²) in [5.41, 5.74) is 5.89. The van der Waals surface area contributed by atoms with Gasteiger partial charge >= 0.3 is 0 Å². The molecule has 0 saturated carbocycles. The van der Waals surface area contributed by atoms with Crippen LogP contribution in [-0.2, 0) is 6.54 Å². The highest BCUT2D eigenvalue weighted by molar-refractivity contribution is 5.61.